The molecular weight excluding hydrogens is 691 g/mol. The largest absolute Gasteiger partial charge is 0.384 e. The monoisotopic (exact) mass is 733 g/mol. The predicted octanol–water partition coefficient (Wildman–Crippen LogP) is 12.4. The highest BCUT2D eigenvalue weighted by molar-refractivity contribution is 6.16. The lowest BCUT2D eigenvalue weighted by Gasteiger charge is -2.31. The molecule has 0 saturated heterocycles. The van der Waals surface area contributed by atoms with Crippen LogP contribution in [0.15, 0.2) is 200 Å². The Kier molecular flexibility index (Phi) is 9.30. The summed E-state index contributed by atoms with van der Waals surface area (Å²) in [5, 5.41) is 12.3. The van der Waals surface area contributed by atoms with Crippen LogP contribution in [0.4, 0.5) is 0 Å². The van der Waals surface area contributed by atoms with Gasteiger partial charge in [0, 0.05) is 12.1 Å². The van der Waals surface area contributed by atoms with E-state index in [2.05, 4.69) is 146 Å². The van der Waals surface area contributed by atoms with E-state index in [0.29, 0.717) is 6.54 Å². The van der Waals surface area contributed by atoms with Gasteiger partial charge in [-0.25, -0.2) is 0 Å². The molecule has 3 nitrogen and oxygen atoms in total. The number of benzene rings is 9. The fourth-order valence-electron chi connectivity index (χ4n) is 8.96. The molecule has 0 aliphatic heterocycles. The molecule has 1 spiro atoms. The van der Waals surface area contributed by atoms with Crippen molar-refractivity contribution >= 4 is 27.4 Å². The van der Waals surface area contributed by atoms with Crippen LogP contribution in [0.2, 0.25) is 0 Å². The van der Waals surface area contributed by atoms with Gasteiger partial charge in [0.15, 0.2) is 0 Å². The highest BCUT2D eigenvalue weighted by Gasteiger charge is 2.52. The number of amidine groups is 1. The normalized spacial score (nSPS) is 12.4. The highest BCUT2D eigenvalue weighted by atomic mass is 14.7. The molecule has 274 valence electrons. The van der Waals surface area contributed by atoms with E-state index in [1.165, 1.54) is 88.3 Å². The van der Waals surface area contributed by atoms with Gasteiger partial charge in [0.1, 0.15) is 5.84 Å². The molecule has 57 heavy (non-hydrogen) atoms. The Labute approximate surface area is 334 Å². The number of nitrogens with two attached hydrogens (primary N) is 2. The second kappa shape index (κ2) is 14.9. The fourth-order valence-corrected chi connectivity index (χ4v) is 8.96. The van der Waals surface area contributed by atoms with Crippen LogP contribution in [-0.2, 0) is 12.0 Å². The molecule has 0 heterocycles. The summed E-state index contributed by atoms with van der Waals surface area (Å²) in [5.41, 5.74) is 27.0. The first-order chi connectivity index (χ1) is 28.0. The van der Waals surface area contributed by atoms with Crippen LogP contribution in [0.1, 0.15) is 38.9 Å². The summed E-state index contributed by atoms with van der Waals surface area (Å²) >= 11 is 0. The topological polar surface area (TPSA) is 75.9 Å². The average Bonchev–Trinajstić information content (AvgIpc) is 3.75. The number of fused-ring (bicyclic) bond motifs is 14. The number of nitrogens with one attached hydrogen (secondary N) is 1. The first-order valence-corrected chi connectivity index (χ1v) is 19.5. The van der Waals surface area contributed by atoms with E-state index < -0.39 is 0 Å². The predicted molar refractivity (Wildman–Crippen MR) is 240 cm³/mol. The van der Waals surface area contributed by atoms with Crippen molar-refractivity contribution in [3.8, 4) is 33.4 Å². The Bertz CT molecular complexity index is 2870. The minimum atomic E-state index is -0.370. The molecule has 9 aromatic rings. The molecule has 5 N–H and O–H groups in total. The van der Waals surface area contributed by atoms with Crippen molar-refractivity contribution in [2.75, 3.05) is 0 Å². The molecule has 0 atom stereocenters. The maximum absolute atomic E-state index is 7.01. The molecule has 2 aliphatic carbocycles. The summed E-state index contributed by atoms with van der Waals surface area (Å²) < 4.78 is 0. The van der Waals surface area contributed by atoms with E-state index in [-0.39, 0.29) is 11.3 Å². The summed E-state index contributed by atoms with van der Waals surface area (Å²) in [6.07, 6.45) is 0. The molecule has 2 aliphatic rings. The SMILES string of the molecule is Cc1ccc(-c2cc3c(c4ccccc24)-c2c(ccc4ccccc24)C32c3ccccc3-c3ccccc32)cc1.N=C(N)c1ccccc1.NCc1ccccc1. The van der Waals surface area contributed by atoms with Crippen molar-refractivity contribution in [1.29, 1.82) is 5.41 Å². The third-order valence-corrected chi connectivity index (χ3v) is 11.5. The fraction of sp³-hybridized carbons (Fsp3) is 0.0556. The quantitative estimate of drug-likeness (QED) is 0.125. The Morgan fingerprint density at radius 2 is 1.00 bits per heavy atom. The van der Waals surface area contributed by atoms with Gasteiger partial charge in [0.05, 0.1) is 5.41 Å². The van der Waals surface area contributed by atoms with Gasteiger partial charge in [0.2, 0.25) is 0 Å². The number of rotatable bonds is 3. The van der Waals surface area contributed by atoms with Crippen LogP contribution in [0.5, 0.6) is 0 Å². The molecule has 9 aromatic carbocycles. The minimum absolute atomic E-state index is 0.121. The van der Waals surface area contributed by atoms with E-state index in [1.54, 1.807) is 0 Å². The third kappa shape index (κ3) is 6.01. The number of hydrogen-bond acceptors (Lipinski definition) is 2. The number of hydrogen-bond donors (Lipinski definition) is 3. The van der Waals surface area contributed by atoms with E-state index in [9.17, 15) is 0 Å². The van der Waals surface area contributed by atoms with E-state index >= 15 is 0 Å². The van der Waals surface area contributed by atoms with Crippen molar-refractivity contribution in [2.24, 2.45) is 11.5 Å². The van der Waals surface area contributed by atoms with Crippen molar-refractivity contribution in [3.63, 3.8) is 0 Å². The molecule has 0 fully saturated rings. The van der Waals surface area contributed by atoms with Gasteiger partial charge in [-0.1, -0.05) is 200 Å². The maximum atomic E-state index is 7.01. The maximum Gasteiger partial charge on any atom is 0.122 e. The lowest BCUT2D eigenvalue weighted by atomic mass is 9.70. The van der Waals surface area contributed by atoms with Crippen LogP contribution >= 0.6 is 0 Å². The van der Waals surface area contributed by atoms with Crippen LogP contribution in [-0.4, -0.2) is 5.84 Å². The Morgan fingerprint density at radius 3 is 1.60 bits per heavy atom. The van der Waals surface area contributed by atoms with Crippen molar-refractivity contribution in [2.45, 2.75) is 18.9 Å². The summed E-state index contributed by atoms with van der Waals surface area (Å²) in [6, 6.07) is 71.6. The zero-order chi connectivity index (χ0) is 38.9. The van der Waals surface area contributed by atoms with Crippen LogP contribution in [0.3, 0.4) is 0 Å². The highest BCUT2D eigenvalue weighted by Crippen LogP contribution is 2.65. The zero-order valence-corrected chi connectivity index (χ0v) is 31.9. The first kappa shape index (κ1) is 35.6. The molecule has 0 amide bonds. The second-order valence-electron chi connectivity index (χ2n) is 14.8. The van der Waals surface area contributed by atoms with Gasteiger partial charge in [-0.15, -0.1) is 0 Å². The molecule has 0 saturated carbocycles. The smallest absolute Gasteiger partial charge is 0.122 e. The summed E-state index contributed by atoms with van der Waals surface area (Å²) in [5.74, 6) is 0.121. The summed E-state index contributed by atoms with van der Waals surface area (Å²) in [7, 11) is 0. The molecular formula is C54H43N3. The number of aryl methyl sites for hydroxylation is 1. The van der Waals surface area contributed by atoms with Crippen molar-refractivity contribution in [3.05, 3.63) is 239 Å². The van der Waals surface area contributed by atoms with E-state index in [1.807, 2.05) is 60.7 Å². The lowest BCUT2D eigenvalue weighted by molar-refractivity contribution is 0.795. The molecule has 0 aromatic heterocycles. The van der Waals surface area contributed by atoms with Gasteiger partial charge >= 0.3 is 0 Å². The third-order valence-electron chi connectivity index (χ3n) is 11.5. The first-order valence-electron chi connectivity index (χ1n) is 19.5. The van der Waals surface area contributed by atoms with Gasteiger partial charge in [-0.2, -0.15) is 0 Å². The summed E-state index contributed by atoms with van der Waals surface area (Å²) in [4.78, 5) is 0. The average molecular weight is 734 g/mol. The van der Waals surface area contributed by atoms with Crippen molar-refractivity contribution < 1.29 is 0 Å². The Morgan fingerprint density at radius 1 is 0.474 bits per heavy atom. The second-order valence-corrected chi connectivity index (χ2v) is 14.8. The Hall–Kier alpha value is -7.07. The number of nitrogen functional groups attached to an aromatic ring is 1. The molecule has 11 rings (SSSR count). The molecule has 0 unspecified atom stereocenters. The lowest BCUT2D eigenvalue weighted by Crippen LogP contribution is -2.26. The molecule has 0 radical (unpaired) electrons. The van der Waals surface area contributed by atoms with Crippen LogP contribution < -0.4 is 11.5 Å². The van der Waals surface area contributed by atoms with E-state index in [4.69, 9.17) is 16.9 Å². The van der Waals surface area contributed by atoms with Gasteiger partial charge in [-0.3, -0.25) is 5.41 Å². The summed E-state index contributed by atoms with van der Waals surface area (Å²) in [6.45, 7) is 2.80. The van der Waals surface area contributed by atoms with Gasteiger partial charge < -0.3 is 11.5 Å². The van der Waals surface area contributed by atoms with E-state index in [0.717, 1.165) is 5.56 Å². The minimum Gasteiger partial charge on any atom is -0.384 e. The van der Waals surface area contributed by atoms with Crippen molar-refractivity contribution in [1.82, 2.24) is 0 Å². The standard InChI is InChI=1S/C40H26.C7H8N2.C7H9N/c1-25-18-20-27(21-19-25)33-24-37-39(32-15-5-4-12-29(32)33)38-28-11-3-2-10-26(28)22-23-36(38)40(37)34-16-8-6-13-30(34)31-14-7-9-17-35(31)40;8-7(9)6-4-2-1-3-5-6;8-6-7-4-2-1-3-5-7/h2-24H,1H3;1-5H,(H3,8,9);1-5H,6,8H2. The van der Waals surface area contributed by atoms with Gasteiger partial charge in [0.25, 0.3) is 0 Å². The van der Waals surface area contributed by atoms with Gasteiger partial charge in [-0.05, 0) is 95.7 Å². The zero-order valence-electron chi connectivity index (χ0n) is 31.9. The molecule has 3 heteroatoms. The Balaban J connectivity index is 0.000000206. The molecule has 0 bridgehead atoms. The van der Waals surface area contributed by atoms with Crippen LogP contribution in [0.25, 0.3) is 54.9 Å². The van der Waals surface area contributed by atoms with Crippen LogP contribution in [0, 0.1) is 12.3 Å².